The second kappa shape index (κ2) is 15.4. The number of carbonyl (C=O) groups excluding carboxylic acids is 1. The molecule has 1 amide bonds. The average molecular weight is 525 g/mol. The van der Waals surface area contributed by atoms with Gasteiger partial charge in [-0.15, -0.1) is 0 Å². The molecule has 0 saturated heterocycles. The SMILES string of the molecule is C1CCC(NC2CCCCC2)CC1.C[C@@H](OCc1ccc(Cl)cc1)[C@H](NC(=O)OC(C)(C)C)C(=O)O. The predicted octanol–water partition coefficient (Wildman–Crippen LogP) is 6.46. The largest absolute Gasteiger partial charge is 0.480 e. The highest BCUT2D eigenvalue weighted by molar-refractivity contribution is 6.30. The van der Waals surface area contributed by atoms with Crippen molar-refractivity contribution < 1.29 is 24.2 Å². The van der Waals surface area contributed by atoms with Gasteiger partial charge in [-0.05, 0) is 71.1 Å². The van der Waals surface area contributed by atoms with Crippen molar-refractivity contribution in [3.8, 4) is 0 Å². The highest BCUT2D eigenvalue weighted by Gasteiger charge is 2.29. The molecular formula is C28H45ClN2O5. The van der Waals surface area contributed by atoms with E-state index in [-0.39, 0.29) is 6.61 Å². The molecule has 36 heavy (non-hydrogen) atoms. The Hall–Kier alpha value is -1.83. The summed E-state index contributed by atoms with van der Waals surface area (Å²) in [5.74, 6) is -1.19. The molecule has 2 saturated carbocycles. The summed E-state index contributed by atoms with van der Waals surface area (Å²) in [5, 5.41) is 16.0. The molecule has 0 aliphatic heterocycles. The Morgan fingerprint density at radius 2 is 1.47 bits per heavy atom. The van der Waals surface area contributed by atoms with Crippen molar-refractivity contribution in [3.63, 3.8) is 0 Å². The second-order valence-electron chi connectivity index (χ2n) is 10.9. The number of nitrogens with one attached hydrogen (secondary N) is 2. The first-order valence-electron chi connectivity index (χ1n) is 13.4. The van der Waals surface area contributed by atoms with Crippen molar-refractivity contribution in [1.29, 1.82) is 0 Å². The Kier molecular flexibility index (Phi) is 13.0. The Labute approximate surface area is 221 Å². The number of ether oxygens (including phenoxy) is 2. The summed E-state index contributed by atoms with van der Waals surface area (Å²) in [6.07, 6.45) is 13.0. The molecule has 2 atom stereocenters. The first kappa shape index (κ1) is 30.4. The summed E-state index contributed by atoms with van der Waals surface area (Å²) in [5.41, 5.74) is 0.142. The van der Waals surface area contributed by atoms with E-state index in [4.69, 9.17) is 21.1 Å². The molecule has 0 radical (unpaired) electrons. The van der Waals surface area contributed by atoms with E-state index in [0.29, 0.717) is 5.02 Å². The number of hydrogen-bond donors (Lipinski definition) is 3. The lowest BCUT2D eigenvalue weighted by atomic mass is 9.91. The van der Waals surface area contributed by atoms with Crippen molar-refractivity contribution in [2.45, 2.75) is 128 Å². The lowest BCUT2D eigenvalue weighted by molar-refractivity contribution is -0.143. The summed E-state index contributed by atoms with van der Waals surface area (Å²) < 4.78 is 10.6. The van der Waals surface area contributed by atoms with E-state index in [0.717, 1.165) is 17.6 Å². The van der Waals surface area contributed by atoms with Gasteiger partial charge in [-0.1, -0.05) is 62.3 Å². The van der Waals surface area contributed by atoms with Crippen LogP contribution in [0.3, 0.4) is 0 Å². The number of hydrogen-bond acceptors (Lipinski definition) is 5. The number of carboxylic acid groups (broad SMARTS) is 1. The third-order valence-electron chi connectivity index (χ3n) is 6.52. The molecule has 3 N–H and O–H groups in total. The zero-order chi connectivity index (χ0) is 26.6. The van der Waals surface area contributed by atoms with Crippen LogP contribution < -0.4 is 10.6 Å². The lowest BCUT2D eigenvalue weighted by Crippen LogP contribution is -2.50. The molecule has 0 bridgehead atoms. The molecule has 2 fully saturated rings. The standard InChI is InChI=1S/C16H22ClNO5.C12H23N/c1-10(22-9-11-5-7-12(17)8-6-11)13(14(19)20)18-15(21)23-16(2,3)4;1-3-7-11(8-4-1)13-12-9-5-2-6-10-12/h5-8,10,13H,9H2,1-4H3,(H,18,21)(H,19,20);11-13H,1-10H2/t10-,13+;/m1./s1. The number of alkyl carbamates (subject to hydrolysis) is 1. The van der Waals surface area contributed by atoms with Crippen LogP contribution in [-0.2, 0) is 20.9 Å². The maximum absolute atomic E-state index is 11.7. The minimum atomic E-state index is -1.21. The van der Waals surface area contributed by atoms with Gasteiger partial charge in [-0.2, -0.15) is 0 Å². The Bertz CT molecular complexity index is 768. The van der Waals surface area contributed by atoms with E-state index in [9.17, 15) is 14.7 Å². The van der Waals surface area contributed by atoms with E-state index in [1.807, 2.05) is 0 Å². The van der Waals surface area contributed by atoms with Gasteiger partial charge < -0.3 is 25.2 Å². The Balaban J connectivity index is 0.000000293. The summed E-state index contributed by atoms with van der Waals surface area (Å²) in [7, 11) is 0. The van der Waals surface area contributed by atoms with Gasteiger partial charge >= 0.3 is 12.1 Å². The quantitative estimate of drug-likeness (QED) is 0.361. The Morgan fingerprint density at radius 3 is 1.92 bits per heavy atom. The smallest absolute Gasteiger partial charge is 0.408 e. The highest BCUT2D eigenvalue weighted by atomic mass is 35.5. The molecule has 1 aromatic carbocycles. The van der Waals surface area contributed by atoms with Gasteiger partial charge in [0.05, 0.1) is 12.7 Å². The molecule has 8 heteroatoms. The molecule has 0 heterocycles. The first-order valence-corrected chi connectivity index (χ1v) is 13.8. The molecule has 7 nitrogen and oxygen atoms in total. The number of rotatable bonds is 8. The number of carbonyl (C=O) groups is 2. The molecule has 2 aliphatic rings. The molecule has 0 spiro atoms. The topological polar surface area (TPSA) is 96.9 Å². The summed E-state index contributed by atoms with van der Waals surface area (Å²) in [4.78, 5) is 23.1. The van der Waals surface area contributed by atoms with E-state index in [2.05, 4.69) is 10.6 Å². The maximum Gasteiger partial charge on any atom is 0.408 e. The van der Waals surface area contributed by atoms with Crippen LogP contribution in [0.2, 0.25) is 5.02 Å². The fraction of sp³-hybridized carbons (Fsp3) is 0.714. The van der Waals surface area contributed by atoms with Gasteiger partial charge in [-0.3, -0.25) is 0 Å². The van der Waals surface area contributed by atoms with Crippen LogP contribution >= 0.6 is 11.6 Å². The van der Waals surface area contributed by atoms with Crippen LogP contribution in [0.15, 0.2) is 24.3 Å². The third kappa shape index (κ3) is 12.4. The normalized spacial score (nSPS) is 18.9. The number of aliphatic carboxylic acids is 1. The average Bonchev–Trinajstić information content (AvgIpc) is 2.82. The number of halogens is 1. The summed E-state index contributed by atoms with van der Waals surface area (Å²) in [6, 6.07) is 7.54. The maximum atomic E-state index is 11.7. The van der Waals surface area contributed by atoms with Crippen LogP contribution in [0.5, 0.6) is 0 Å². The van der Waals surface area contributed by atoms with Gasteiger partial charge in [0.25, 0.3) is 0 Å². The molecule has 1 aromatic rings. The zero-order valence-corrected chi connectivity index (χ0v) is 23.1. The molecular weight excluding hydrogens is 480 g/mol. The van der Waals surface area contributed by atoms with E-state index >= 15 is 0 Å². The van der Waals surface area contributed by atoms with Gasteiger partial charge in [0.15, 0.2) is 6.04 Å². The summed E-state index contributed by atoms with van der Waals surface area (Å²) >= 11 is 5.80. The van der Waals surface area contributed by atoms with E-state index in [1.165, 1.54) is 64.2 Å². The third-order valence-corrected chi connectivity index (χ3v) is 6.77. The van der Waals surface area contributed by atoms with Crippen molar-refractivity contribution >= 4 is 23.7 Å². The molecule has 3 rings (SSSR count). The minimum absolute atomic E-state index is 0.206. The summed E-state index contributed by atoms with van der Waals surface area (Å²) in [6.45, 7) is 6.87. The van der Waals surface area contributed by atoms with Crippen molar-refractivity contribution in [2.24, 2.45) is 0 Å². The second-order valence-corrected chi connectivity index (χ2v) is 11.4. The highest BCUT2D eigenvalue weighted by Crippen LogP contribution is 2.22. The molecule has 0 unspecified atom stereocenters. The van der Waals surface area contributed by atoms with Crippen LogP contribution in [0.25, 0.3) is 0 Å². The van der Waals surface area contributed by atoms with E-state index in [1.54, 1.807) is 52.0 Å². The van der Waals surface area contributed by atoms with Gasteiger partial charge in [0, 0.05) is 17.1 Å². The zero-order valence-electron chi connectivity index (χ0n) is 22.4. The molecule has 0 aromatic heterocycles. The number of benzene rings is 1. The number of carboxylic acids is 1. The van der Waals surface area contributed by atoms with Crippen LogP contribution in [0, 0.1) is 0 Å². The molecule has 2 aliphatic carbocycles. The van der Waals surface area contributed by atoms with Crippen molar-refractivity contribution in [1.82, 2.24) is 10.6 Å². The minimum Gasteiger partial charge on any atom is -0.480 e. The fourth-order valence-corrected chi connectivity index (χ4v) is 4.72. The van der Waals surface area contributed by atoms with Crippen LogP contribution in [0.4, 0.5) is 4.79 Å². The monoisotopic (exact) mass is 524 g/mol. The van der Waals surface area contributed by atoms with E-state index < -0.39 is 29.8 Å². The van der Waals surface area contributed by atoms with Gasteiger partial charge in [0.1, 0.15) is 5.60 Å². The van der Waals surface area contributed by atoms with Crippen molar-refractivity contribution in [2.75, 3.05) is 0 Å². The number of amides is 1. The molecule has 204 valence electrons. The predicted molar refractivity (Wildman–Crippen MR) is 143 cm³/mol. The van der Waals surface area contributed by atoms with Gasteiger partial charge in [-0.25, -0.2) is 9.59 Å². The van der Waals surface area contributed by atoms with Gasteiger partial charge in [0.2, 0.25) is 0 Å². The van der Waals surface area contributed by atoms with Crippen LogP contribution in [-0.4, -0.2) is 47.0 Å². The fourth-order valence-electron chi connectivity index (χ4n) is 4.59. The Morgan fingerprint density at radius 1 is 0.972 bits per heavy atom. The first-order chi connectivity index (χ1) is 17.0. The van der Waals surface area contributed by atoms with Crippen LogP contribution in [0.1, 0.15) is 97.5 Å². The lowest BCUT2D eigenvalue weighted by Gasteiger charge is -2.30. The van der Waals surface area contributed by atoms with Crippen molar-refractivity contribution in [3.05, 3.63) is 34.9 Å².